The van der Waals surface area contributed by atoms with E-state index in [1.165, 1.54) is 30.5 Å². The van der Waals surface area contributed by atoms with E-state index in [0.717, 1.165) is 0 Å². The van der Waals surface area contributed by atoms with Crippen molar-refractivity contribution in [1.29, 1.82) is 0 Å². The van der Waals surface area contributed by atoms with Crippen LogP contribution in [0.3, 0.4) is 0 Å². The molecule has 5 nitrogen and oxygen atoms in total. The number of rotatable bonds is 6. The Balaban J connectivity index is 2.38. The first-order valence-corrected chi connectivity index (χ1v) is 9.42. The number of carbonyl (C=O) groups is 1. The molecule has 1 N–H and O–H groups in total. The molecule has 7 heteroatoms. The fraction of sp³-hybridized carbons (Fsp3) is 0.294. The first-order valence-electron chi connectivity index (χ1n) is 7.49. The van der Waals surface area contributed by atoms with Gasteiger partial charge in [-0.25, -0.2) is 8.42 Å². The SMILES string of the molecule is CC(C)C(=O)NC[C@@H](c1cccnc1)S(=O)(=O)c1ccc(Cl)cc1. The third kappa shape index (κ3) is 4.33. The number of hydrogen-bond donors (Lipinski definition) is 1. The zero-order valence-corrected chi connectivity index (χ0v) is 15.0. The Bertz CT molecular complexity index is 790. The number of benzene rings is 1. The van der Waals surface area contributed by atoms with Crippen LogP contribution in [-0.2, 0) is 14.6 Å². The molecule has 1 aromatic heterocycles. The molecule has 0 aliphatic carbocycles. The van der Waals surface area contributed by atoms with E-state index < -0.39 is 15.1 Å². The minimum absolute atomic E-state index is 0.0202. The second-order valence-electron chi connectivity index (χ2n) is 5.67. The van der Waals surface area contributed by atoms with Crippen LogP contribution in [0.2, 0.25) is 5.02 Å². The number of sulfone groups is 1. The lowest BCUT2D eigenvalue weighted by atomic mass is 10.2. The number of nitrogens with zero attached hydrogens (tertiary/aromatic N) is 1. The highest BCUT2D eigenvalue weighted by Gasteiger charge is 2.30. The van der Waals surface area contributed by atoms with Gasteiger partial charge in [0.1, 0.15) is 5.25 Å². The lowest BCUT2D eigenvalue weighted by Crippen LogP contribution is -2.34. The van der Waals surface area contributed by atoms with Crippen LogP contribution in [0, 0.1) is 5.92 Å². The number of hydrogen-bond acceptors (Lipinski definition) is 4. The van der Waals surface area contributed by atoms with Crippen LogP contribution in [0.4, 0.5) is 0 Å². The van der Waals surface area contributed by atoms with E-state index in [-0.39, 0.29) is 23.3 Å². The van der Waals surface area contributed by atoms with Gasteiger partial charge in [0.15, 0.2) is 9.84 Å². The third-order valence-corrected chi connectivity index (χ3v) is 5.93. The summed E-state index contributed by atoms with van der Waals surface area (Å²) in [5.41, 5.74) is 0.525. The lowest BCUT2D eigenvalue weighted by molar-refractivity contribution is -0.123. The van der Waals surface area contributed by atoms with Crippen LogP contribution in [0.15, 0.2) is 53.7 Å². The molecular weight excluding hydrogens is 348 g/mol. The second kappa shape index (κ2) is 7.77. The van der Waals surface area contributed by atoms with Crippen molar-refractivity contribution in [2.45, 2.75) is 24.0 Å². The molecule has 1 atom stereocenters. The molecule has 1 aromatic carbocycles. The van der Waals surface area contributed by atoms with Gasteiger partial charge in [-0.3, -0.25) is 9.78 Å². The molecule has 1 heterocycles. The van der Waals surface area contributed by atoms with Gasteiger partial charge in [0, 0.05) is 29.9 Å². The molecule has 1 amide bonds. The van der Waals surface area contributed by atoms with Crippen LogP contribution < -0.4 is 5.32 Å². The zero-order chi connectivity index (χ0) is 17.7. The van der Waals surface area contributed by atoms with E-state index in [0.29, 0.717) is 10.6 Å². The third-order valence-electron chi connectivity index (χ3n) is 3.56. The van der Waals surface area contributed by atoms with Gasteiger partial charge in [0.2, 0.25) is 5.91 Å². The fourth-order valence-electron chi connectivity index (χ4n) is 2.16. The molecule has 0 bridgehead atoms. The summed E-state index contributed by atoms with van der Waals surface area (Å²) in [6.07, 6.45) is 3.07. The molecule has 0 radical (unpaired) electrons. The highest BCUT2D eigenvalue weighted by atomic mass is 35.5. The van der Waals surface area contributed by atoms with Crippen molar-refractivity contribution < 1.29 is 13.2 Å². The topological polar surface area (TPSA) is 76.1 Å². The number of nitrogens with one attached hydrogen (secondary N) is 1. The molecule has 2 rings (SSSR count). The van der Waals surface area contributed by atoms with Gasteiger partial charge in [-0.2, -0.15) is 0 Å². The van der Waals surface area contributed by atoms with E-state index in [2.05, 4.69) is 10.3 Å². The van der Waals surface area contributed by atoms with E-state index in [1.807, 2.05) is 0 Å². The quantitative estimate of drug-likeness (QED) is 0.852. The van der Waals surface area contributed by atoms with Gasteiger partial charge in [0.25, 0.3) is 0 Å². The van der Waals surface area contributed by atoms with Crippen LogP contribution in [0.5, 0.6) is 0 Å². The number of amides is 1. The van der Waals surface area contributed by atoms with E-state index in [9.17, 15) is 13.2 Å². The van der Waals surface area contributed by atoms with Crippen molar-refractivity contribution in [3.63, 3.8) is 0 Å². The number of halogens is 1. The highest BCUT2D eigenvalue weighted by molar-refractivity contribution is 7.91. The molecule has 0 saturated carbocycles. The summed E-state index contributed by atoms with van der Waals surface area (Å²) in [4.78, 5) is 16.0. The van der Waals surface area contributed by atoms with Crippen LogP contribution >= 0.6 is 11.6 Å². The predicted octanol–water partition coefficient (Wildman–Crippen LogP) is 3.02. The van der Waals surface area contributed by atoms with Gasteiger partial charge < -0.3 is 5.32 Å². The van der Waals surface area contributed by atoms with Crippen LogP contribution in [-0.4, -0.2) is 25.9 Å². The van der Waals surface area contributed by atoms with Crippen molar-refractivity contribution >= 4 is 27.3 Å². The monoisotopic (exact) mass is 366 g/mol. The maximum Gasteiger partial charge on any atom is 0.222 e. The Kier molecular flexibility index (Phi) is 5.96. The normalized spacial score (nSPS) is 12.8. The summed E-state index contributed by atoms with van der Waals surface area (Å²) in [5.74, 6) is -0.423. The van der Waals surface area contributed by atoms with Crippen molar-refractivity contribution in [3.05, 3.63) is 59.4 Å². The molecule has 0 unspecified atom stereocenters. The van der Waals surface area contributed by atoms with Gasteiger partial charge >= 0.3 is 0 Å². The van der Waals surface area contributed by atoms with Gasteiger partial charge in [-0.1, -0.05) is 31.5 Å². The molecule has 0 fully saturated rings. The summed E-state index contributed by atoms with van der Waals surface area (Å²) in [6, 6.07) is 9.34. The summed E-state index contributed by atoms with van der Waals surface area (Å²) >= 11 is 5.83. The van der Waals surface area contributed by atoms with Crippen LogP contribution in [0.1, 0.15) is 24.7 Å². The maximum atomic E-state index is 13.0. The first kappa shape index (κ1) is 18.4. The average molecular weight is 367 g/mol. The van der Waals surface area contributed by atoms with E-state index >= 15 is 0 Å². The van der Waals surface area contributed by atoms with Crippen molar-refractivity contribution in [3.8, 4) is 0 Å². The first-order chi connectivity index (χ1) is 11.3. The second-order valence-corrected chi connectivity index (χ2v) is 8.24. The van der Waals surface area contributed by atoms with E-state index in [4.69, 9.17) is 11.6 Å². The molecule has 2 aromatic rings. The van der Waals surface area contributed by atoms with Crippen molar-refractivity contribution in [2.24, 2.45) is 5.92 Å². The molecule has 0 saturated heterocycles. The van der Waals surface area contributed by atoms with Gasteiger partial charge in [-0.15, -0.1) is 0 Å². The summed E-state index contributed by atoms with van der Waals surface area (Å²) in [6.45, 7) is 3.48. The maximum absolute atomic E-state index is 13.0. The van der Waals surface area contributed by atoms with E-state index in [1.54, 1.807) is 32.2 Å². The van der Waals surface area contributed by atoms with Gasteiger partial charge in [0.05, 0.1) is 4.90 Å². The Morgan fingerprint density at radius 3 is 2.42 bits per heavy atom. The predicted molar refractivity (Wildman–Crippen MR) is 93.5 cm³/mol. The Hall–Kier alpha value is -1.92. The fourth-order valence-corrected chi connectivity index (χ4v) is 3.93. The Morgan fingerprint density at radius 2 is 1.88 bits per heavy atom. The van der Waals surface area contributed by atoms with Crippen molar-refractivity contribution in [2.75, 3.05) is 6.54 Å². The zero-order valence-electron chi connectivity index (χ0n) is 13.4. The summed E-state index contributed by atoms with van der Waals surface area (Å²) < 4.78 is 26.0. The molecule has 0 aliphatic rings. The molecule has 0 spiro atoms. The minimum Gasteiger partial charge on any atom is -0.354 e. The Morgan fingerprint density at radius 1 is 1.21 bits per heavy atom. The molecule has 0 aliphatic heterocycles. The largest absolute Gasteiger partial charge is 0.354 e. The smallest absolute Gasteiger partial charge is 0.222 e. The summed E-state index contributed by atoms with van der Waals surface area (Å²) in [7, 11) is -3.71. The summed E-state index contributed by atoms with van der Waals surface area (Å²) in [5, 5.41) is 2.23. The molecule has 128 valence electrons. The number of pyridine rings is 1. The number of aromatic nitrogens is 1. The molecule has 24 heavy (non-hydrogen) atoms. The number of carbonyl (C=O) groups excluding carboxylic acids is 1. The van der Waals surface area contributed by atoms with Crippen molar-refractivity contribution in [1.82, 2.24) is 10.3 Å². The molecular formula is C17H19ClN2O3S. The lowest BCUT2D eigenvalue weighted by Gasteiger charge is -2.19. The highest BCUT2D eigenvalue weighted by Crippen LogP contribution is 2.28. The average Bonchev–Trinajstić information content (AvgIpc) is 2.56. The van der Waals surface area contributed by atoms with Gasteiger partial charge in [-0.05, 0) is 35.9 Å². The Labute approximate surface area is 147 Å². The minimum atomic E-state index is -3.71. The van der Waals surface area contributed by atoms with Crippen LogP contribution in [0.25, 0.3) is 0 Å². The standard InChI is InChI=1S/C17H19ClN2O3S/c1-12(2)17(21)20-11-16(13-4-3-9-19-10-13)24(22,23)15-7-5-14(18)6-8-15/h3-10,12,16H,11H2,1-2H3,(H,20,21)/t16-/m0/s1.